The minimum Gasteiger partial charge on any atom is -0.268 e. The van der Waals surface area contributed by atoms with Gasteiger partial charge in [-0.2, -0.15) is 5.10 Å². The number of carbonyl (C=O) groups is 2. The minimum atomic E-state index is -0.752. The van der Waals surface area contributed by atoms with Crippen molar-refractivity contribution in [3.8, 4) is 16.9 Å². The summed E-state index contributed by atoms with van der Waals surface area (Å²) in [6, 6.07) is 18.7. The highest BCUT2D eigenvalue weighted by molar-refractivity contribution is 5.98. The first-order valence-corrected chi connectivity index (χ1v) is 9.70. The molecular weight excluding hydrogens is 409 g/mol. The molecule has 2 amide bonds. The molecule has 4 aromatic rings. The first-order chi connectivity index (χ1) is 15.6. The van der Waals surface area contributed by atoms with Crippen molar-refractivity contribution < 1.29 is 14.0 Å². The van der Waals surface area contributed by atoms with Crippen LogP contribution in [0.25, 0.3) is 23.0 Å². The molecule has 0 aliphatic rings. The fourth-order valence-corrected chi connectivity index (χ4v) is 2.99. The molecule has 0 atom stereocenters. The van der Waals surface area contributed by atoms with Crippen LogP contribution in [0.3, 0.4) is 0 Å². The summed E-state index contributed by atoms with van der Waals surface area (Å²) in [5.74, 6) is -2.01. The molecule has 0 aliphatic carbocycles. The molecule has 4 rings (SSSR count). The zero-order valence-corrected chi connectivity index (χ0v) is 16.8. The molecule has 0 aliphatic heterocycles. The molecule has 2 aromatic heterocycles. The lowest BCUT2D eigenvalue weighted by Gasteiger charge is -2.05. The number of hydrazine groups is 1. The highest BCUT2D eigenvalue weighted by atomic mass is 19.1. The quantitative estimate of drug-likeness (QED) is 0.377. The van der Waals surface area contributed by atoms with Crippen molar-refractivity contribution in [3.05, 3.63) is 108 Å². The lowest BCUT2D eigenvalue weighted by Crippen LogP contribution is -2.41. The molecule has 0 saturated carbocycles. The number of pyridine rings is 1. The number of aromatic nitrogens is 3. The summed E-state index contributed by atoms with van der Waals surface area (Å²) in [4.78, 5) is 28.4. The second-order valence-electron chi connectivity index (χ2n) is 6.71. The summed E-state index contributed by atoms with van der Waals surface area (Å²) in [6.07, 6.45) is 7.98. The molecule has 0 fully saturated rings. The zero-order valence-electron chi connectivity index (χ0n) is 16.8. The Labute approximate surface area is 183 Å². The fraction of sp³-hybridized carbons (Fsp3) is 0. The number of para-hydroxylation sites is 1. The predicted molar refractivity (Wildman–Crippen MR) is 118 cm³/mol. The van der Waals surface area contributed by atoms with Crippen LogP contribution in [0.4, 0.5) is 4.39 Å². The van der Waals surface area contributed by atoms with E-state index in [1.54, 1.807) is 35.4 Å². The van der Waals surface area contributed by atoms with Gasteiger partial charge in [-0.25, -0.2) is 9.07 Å². The SMILES string of the molecule is O=C(/C=C/c1cn(-c2ccccc2)nc1-c1cccnc1)NNC(=O)c1ccccc1F. The Morgan fingerprint density at radius 2 is 1.72 bits per heavy atom. The van der Waals surface area contributed by atoms with E-state index >= 15 is 0 Å². The number of hydrogen-bond donors (Lipinski definition) is 2. The number of benzene rings is 2. The molecule has 0 radical (unpaired) electrons. The second-order valence-corrected chi connectivity index (χ2v) is 6.71. The van der Waals surface area contributed by atoms with E-state index in [2.05, 4.69) is 20.9 Å². The van der Waals surface area contributed by atoms with Crippen molar-refractivity contribution in [2.75, 3.05) is 0 Å². The van der Waals surface area contributed by atoms with Crippen LogP contribution in [0.15, 0.2) is 91.4 Å². The largest absolute Gasteiger partial charge is 0.272 e. The molecule has 0 spiro atoms. The maximum Gasteiger partial charge on any atom is 0.272 e. The third-order valence-electron chi connectivity index (χ3n) is 4.53. The molecule has 2 heterocycles. The monoisotopic (exact) mass is 427 g/mol. The van der Waals surface area contributed by atoms with E-state index in [1.165, 1.54) is 30.3 Å². The lowest BCUT2D eigenvalue weighted by atomic mass is 10.1. The molecule has 8 heteroatoms. The van der Waals surface area contributed by atoms with Crippen molar-refractivity contribution in [1.82, 2.24) is 25.6 Å². The Bertz CT molecular complexity index is 1270. The van der Waals surface area contributed by atoms with Crippen molar-refractivity contribution in [2.45, 2.75) is 0 Å². The first kappa shape index (κ1) is 20.7. The molecule has 158 valence electrons. The van der Waals surface area contributed by atoms with E-state index in [9.17, 15) is 14.0 Å². The van der Waals surface area contributed by atoms with Crippen LogP contribution in [0.1, 0.15) is 15.9 Å². The number of nitrogens with one attached hydrogen (secondary N) is 2. The third kappa shape index (κ3) is 4.76. The Balaban J connectivity index is 1.52. The standard InChI is InChI=1S/C24H18FN5O2/c25-21-11-5-4-10-20(21)24(32)28-27-22(31)13-12-18-16-30(19-8-2-1-3-9-19)29-23(18)17-7-6-14-26-15-17/h1-16H,(H,27,31)(H,28,32)/b13-12+. The van der Waals surface area contributed by atoms with Gasteiger partial charge in [-0.3, -0.25) is 25.4 Å². The van der Waals surface area contributed by atoms with E-state index in [0.717, 1.165) is 11.3 Å². The van der Waals surface area contributed by atoms with Gasteiger partial charge < -0.3 is 0 Å². The van der Waals surface area contributed by atoms with Crippen LogP contribution in [-0.4, -0.2) is 26.6 Å². The zero-order chi connectivity index (χ0) is 22.3. The lowest BCUT2D eigenvalue weighted by molar-refractivity contribution is -0.117. The summed E-state index contributed by atoms with van der Waals surface area (Å²) >= 11 is 0. The van der Waals surface area contributed by atoms with Crippen molar-refractivity contribution >= 4 is 17.9 Å². The van der Waals surface area contributed by atoms with Gasteiger partial charge in [-0.15, -0.1) is 0 Å². The summed E-state index contributed by atoms with van der Waals surface area (Å²) in [7, 11) is 0. The first-order valence-electron chi connectivity index (χ1n) is 9.70. The molecular formula is C24H18FN5O2. The van der Waals surface area contributed by atoms with Gasteiger partial charge in [-0.05, 0) is 42.5 Å². The van der Waals surface area contributed by atoms with E-state index < -0.39 is 17.6 Å². The van der Waals surface area contributed by atoms with Gasteiger partial charge in [0.15, 0.2) is 0 Å². The number of amides is 2. The topological polar surface area (TPSA) is 88.9 Å². The number of carbonyl (C=O) groups excluding carboxylic acids is 2. The normalized spacial score (nSPS) is 10.8. The molecule has 32 heavy (non-hydrogen) atoms. The predicted octanol–water partition coefficient (Wildman–Crippen LogP) is 3.55. The molecule has 2 N–H and O–H groups in total. The molecule has 0 unspecified atom stereocenters. The highest BCUT2D eigenvalue weighted by Gasteiger charge is 2.12. The summed E-state index contributed by atoms with van der Waals surface area (Å²) in [6.45, 7) is 0. The van der Waals surface area contributed by atoms with Crippen LogP contribution < -0.4 is 10.9 Å². The van der Waals surface area contributed by atoms with E-state index in [0.29, 0.717) is 11.3 Å². The van der Waals surface area contributed by atoms with Gasteiger partial charge in [0, 0.05) is 35.8 Å². The number of hydrogen-bond acceptors (Lipinski definition) is 4. The maximum absolute atomic E-state index is 13.7. The highest BCUT2D eigenvalue weighted by Crippen LogP contribution is 2.24. The summed E-state index contributed by atoms with van der Waals surface area (Å²) in [5, 5.41) is 4.63. The number of halogens is 1. The van der Waals surface area contributed by atoms with Gasteiger partial charge in [-0.1, -0.05) is 30.3 Å². The maximum atomic E-state index is 13.7. The average molecular weight is 427 g/mol. The van der Waals surface area contributed by atoms with Gasteiger partial charge in [0.25, 0.3) is 11.8 Å². The van der Waals surface area contributed by atoms with Gasteiger partial charge in [0.2, 0.25) is 0 Å². The second kappa shape index (κ2) is 9.48. The summed E-state index contributed by atoms with van der Waals surface area (Å²) < 4.78 is 15.4. The third-order valence-corrected chi connectivity index (χ3v) is 4.53. The van der Waals surface area contributed by atoms with Crippen LogP contribution in [0.5, 0.6) is 0 Å². The van der Waals surface area contributed by atoms with Gasteiger partial charge in [0.1, 0.15) is 11.5 Å². The number of nitrogens with zero attached hydrogens (tertiary/aromatic N) is 3. The molecule has 2 aromatic carbocycles. The molecule has 7 nitrogen and oxygen atoms in total. The smallest absolute Gasteiger partial charge is 0.268 e. The Morgan fingerprint density at radius 1 is 0.938 bits per heavy atom. The van der Waals surface area contributed by atoms with Crippen LogP contribution in [0, 0.1) is 5.82 Å². The average Bonchev–Trinajstić information content (AvgIpc) is 3.27. The molecule has 0 saturated heterocycles. The van der Waals surface area contributed by atoms with Crippen molar-refractivity contribution in [1.29, 1.82) is 0 Å². The Hall–Kier alpha value is -4.59. The molecule has 0 bridgehead atoms. The summed E-state index contributed by atoms with van der Waals surface area (Å²) in [5.41, 5.74) is 7.24. The van der Waals surface area contributed by atoms with Gasteiger partial charge in [0.05, 0.1) is 11.3 Å². The van der Waals surface area contributed by atoms with E-state index in [1.807, 2.05) is 36.4 Å². The van der Waals surface area contributed by atoms with Crippen LogP contribution >= 0.6 is 0 Å². The van der Waals surface area contributed by atoms with Gasteiger partial charge >= 0.3 is 0 Å². The Kier molecular flexibility index (Phi) is 6.12. The number of rotatable bonds is 5. The van der Waals surface area contributed by atoms with E-state index in [4.69, 9.17) is 0 Å². The van der Waals surface area contributed by atoms with Crippen LogP contribution in [-0.2, 0) is 4.79 Å². The van der Waals surface area contributed by atoms with Crippen molar-refractivity contribution in [2.24, 2.45) is 0 Å². The fourth-order valence-electron chi connectivity index (χ4n) is 2.99. The van der Waals surface area contributed by atoms with Crippen molar-refractivity contribution in [3.63, 3.8) is 0 Å². The Morgan fingerprint density at radius 3 is 2.47 bits per heavy atom. The van der Waals surface area contributed by atoms with E-state index in [-0.39, 0.29) is 5.56 Å². The minimum absolute atomic E-state index is 0.167. The van der Waals surface area contributed by atoms with Crippen LogP contribution in [0.2, 0.25) is 0 Å².